The first kappa shape index (κ1) is 8.29. The quantitative estimate of drug-likeness (QED) is 0.762. The standard InChI is InChI=1S/C9H13N3O/c1-9(4-5-9)12-8-10-6-3-7(11-8)13-2/h3,6H,4-5H2,1-2H3,(H,10,11,12). The van der Waals surface area contributed by atoms with Gasteiger partial charge in [0.1, 0.15) is 0 Å². The Bertz CT molecular complexity index is 309. The number of hydrogen-bond acceptors (Lipinski definition) is 4. The highest BCUT2D eigenvalue weighted by Gasteiger charge is 2.37. The Morgan fingerprint density at radius 1 is 1.54 bits per heavy atom. The van der Waals surface area contributed by atoms with Crippen molar-refractivity contribution in [2.45, 2.75) is 25.3 Å². The number of aromatic nitrogens is 2. The van der Waals surface area contributed by atoms with Crippen LogP contribution < -0.4 is 10.1 Å². The fourth-order valence-corrected chi connectivity index (χ4v) is 1.10. The van der Waals surface area contributed by atoms with Crippen LogP contribution in [0, 0.1) is 0 Å². The van der Waals surface area contributed by atoms with E-state index in [1.807, 2.05) is 0 Å². The van der Waals surface area contributed by atoms with E-state index in [-0.39, 0.29) is 5.54 Å². The van der Waals surface area contributed by atoms with Crippen molar-refractivity contribution in [1.82, 2.24) is 9.97 Å². The average Bonchev–Trinajstić information content (AvgIpc) is 2.84. The summed E-state index contributed by atoms with van der Waals surface area (Å²) in [5, 5.41) is 3.26. The number of nitrogens with one attached hydrogen (secondary N) is 1. The second-order valence-electron chi connectivity index (χ2n) is 3.61. The number of ether oxygens (including phenoxy) is 1. The van der Waals surface area contributed by atoms with Gasteiger partial charge in [0, 0.05) is 17.8 Å². The molecular formula is C9H13N3O. The van der Waals surface area contributed by atoms with Crippen LogP contribution >= 0.6 is 0 Å². The molecule has 0 spiro atoms. The predicted octanol–water partition coefficient (Wildman–Crippen LogP) is 1.45. The van der Waals surface area contributed by atoms with Gasteiger partial charge in [-0.15, -0.1) is 0 Å². The minimum Gasteiger partial charge on any atom is -0.481 e. The summed E-state index contributed by atoms with van der Waals surface area (Å²) in [6.45, 7) is 2.16. The first-order valence-corrected chi connectivity index (χ1v) is 4.37. The third-order valence-corrected chi connectivity index (χ3v) is 2.25. The molecule has 0 saturated heterocycles. The topological polar surface area (TPSA) is 47.0 Å². The van der Waals surface area contributed by atoms with E-state index < -0.39 is 0 Å². The normalized spacial score (nSPS) is 18.0. The Morgan fingerprint density at radius 2 is 2.31 bits per heavy atom. The zero-order valence-corrected chi connectivity index (χ0v) is 7.87. The van der Waals surface area contributed by atoms with Gasteiger partial charge in [0.25, 0.3) is 0 Å². The van der Waals surface area contributed by atoms with Crippen molar-refractivity contribution in [3.63, 3.8) is 0 Å². The highest BCUT2D eigenvalue weighted by atomic mass is 16.5. The van der Waals surface area contributed by atoms with Crippen LogP contribution in [0.1, 0.15) is 19.8 Å². The lowest BCUT2D eigenvalue weighted by Crippen LogP contribution is -2.17. The SMILES string of the molecule is COc1ccnc(NC2(C)CC2)n1. The van der Waals surface area contributed by atoms with Gasteiger partial charge in [-0.3, -0.25) is 0 Å². The lowest BCUT2D eigenvalue weighted by molar-refractivity contribution is 0.397. The van der Waals surface area contributed by atoms with Gasteiger partial charge in [-0.05, 0) is 19.8 Å². The molecule has 1 aromatic rings. The van der Waals surface area contributed by atoms with Gasteiger partial charge in [0.15, 0.2) is 0 Å². The number of nitrogens with zero attached hydrogens (tertiary/aromatic N) is 2. The molecule has 1 aliphatic rings. The number of hydrogen-bond donors (Lipinski definition) is 1. The molecule has 1 aromatic heterocycles. The highest BCUT2D eigenvalue weighted by molar-refractivity contribution is 5.34. The molecule has 1 N–H and O–H groups in total. The van der Waals surface area contributed by atoms with Crippen molar-refractivity contribution >= 4 is 5.95 Å². The van der Waals surface area contributed by atoms with Crippen LogP contribution in [-0.2, 0) is 0 Å². The lowest BCUT2D eigenvalue weighted by atomic mass is 10.3. The monoisotopic (exact) mass is 179 g/mol. The maximum Gasteiger partial charge on any atom is 0.226 e. The molecule has 0 amide bonds. The van der Waals surface area contributed by atoms with E-state index in [9.17, 15) is 0 Å². The summed E-state index contributed by atoms with van der Waals surface area (Å²) in [6.07, 6.45) is 4.07. The van der Waals surface area contributed by atoms with Crippen molar-refractivity contribution in [1.29, 1.82) is 0 Å². The van der Waals surface area contributed by atoms with Gasteiger partial charge in [0.2, 0.25) is 11.8 Å². The summed E-state index contributed by atoms with van der Waals surface area (Å²) in [7, 11) is 1.60. The molecule has 4 heteroatoms. The Balaban J connectivity index is 2.11. The number of rotatable bonds is 3. The molecule has 1 saturated carbocycles. The summed E-state index contributed by atoms with van der Waals surface area (Å²) in [5.41, 5.74) is 0.215. The van der Waals surface area contributed by atoms with Crippen LogP contribution in [0.5, 0.6) is 5.88 Å². The minimum absolute atomic E-state index is 0.215. The van der Waals surface area contributed by atoms with Gasteiger partial charge in [-0.1, -0.05) is 0 Å². The zero-order chi connectivity index (χ0) is 9.31. The predicted molar refractivity (Wildman–Crippen MR) is 49.8 cm³/mol. The van der Waals surface area contributed by atoms with E-state index in [2.05, 4.69) is 22.2 Å². The van der Waals surface area contributed by atoms with Crippen molar-refractivity contribution in [2.24, 2.45) is 0 Å². The molecule has 13 heavy (non-hydrogen) atoms. The molecule has 0 aromatic carbocycles. The number of methoxy groups -OCH3 is 1. The van der Waals surface area contributed by atoms with E-state index in [1.54, 1.807) is 19.4 Å². The van der Waals surface area contributed by atoms with Crippen LogP contribution in [0.4, 0.5) is 5.95 Å². The van der Waals surface area contributed by atoms with E-state index in [0.29, 0.717) is 11.8 Å². The summed E-state index contributed by atoms with van der Waals surface area (Å²) in [6, 6.07) is 1.74. The Kier molecular flexibility index (Phi) is 1.83. The molecular weight excluding hydrogens is 166 g/mol. The summed E-state index contributed by atoms with van der Waals surface area (Å²) < 4.78 is 5.00. The van der Waals surface area contributed by atoms with Crippen LogP contribution in [-0.4, -0.2) is 22.6 Å². The van der Waals surface area contributed by atoms with E-state index >= 15 is 0 Å². The fraction of sp³-hybridized carbons (Fsp3) is 0.556. The van der Waals surface area contributed by atoms with Crippen molar-refractivity contribution in [3.05, 3.63) is 12.3 Å². The van der Waals surface area contributed by atoms with Crippen LogP contribution in [0.3, 0.4) is 0 Å². The molecule has 0 bridgehead atoms. The van der Waals surface area contributed by atoms with Gasteiger partial charge < -0.3 is 10.1 Å². The van der Waals surface area contributed by atoms with E-state index in [4.69, 9.17) is 4.74 Å². The van der Waals surface area contributed by atoms with E-state index in [1.165, 1.54) is 12.8 Å². The maximum absolute atomic E-state index is 5.00. The second-order valence-corrected chi connectivity index (χ2v) is 3.61. The molecule has 2 rings (SSSR count). The minimum atomic E-state index is 0.215. The second kappa shape index (κ2) is 2.87. The maximum atomic E-state index is 5.00. The van der Waals surface area contributed by atoms with Gasteiger partial charge in [-0.25, -0.2) is 4.98 Å². The van der Waals surface area contributed by atoms with Gasteiger partial charge in [-0.2, -0.15) is 4.98 Å². The summed E-state index contributed by atoms with van der Waals surface area (Å²) in [4.78, 5) is 8.28. The first-order valence-electron chi connectivity index (χ1n) is 4.37. The third kappa shape index (κ3) is 1.88. The molecule has 0 unspecified atom stereocenters. The molecule has 0 aliphatic heterocycles. The molecule has 4 nitrogen and oxygen atoms in total. The van der Waals surface area contributed by atoms with Crippen LogP contribution in [0.25, 0.3) is 0 Å². The Hall–Kier alpha value is -1.32. The van der Waals surface area contributed by atoms with E-state index in [0.717, 1.165) is 0 Å². The fourth-order valence-electron chi connectivity index (χ4n) is 1.10. The Morgan fingerprint density at radius 3 is 2.92 bits per heavy atom. The van der Waals surface area contributed by atoms with Gasteiger partial charge in [0.05, 0.1) is 7.11 Å². The average molecular weight is 179 g/mol. The van der Waals surface area contributed by atoms with Crippen molar-refractivity contribution in [3.8, 4) is 5.88 Å². The Labute approximate surface area is 77.4 Å². The highest BCUT2D eigenvalue weighted by Crippen LogP contribution is 2.37. The first-order chi connectivity index (χ1) is 6.22. The summed E-state index contributed by atoms with van der Waals surface area (Å²) >= 11 is 0. The summed E-state index contributed by atoms with van der Waals surface area (Å²) in [5.74, 6) is 1.25. The van der Waals surface area contributed by atoms with Gasteiger partial charge >= 0.3 is 0 Å². The molecule has 70 valence electrons. The number of anilines is 1. The zero-order valence-electron chi connectivity index (χ0n) is 7.87. The smallest absolute Gasteiger partial charge is 0.226 e. The molecule has 1 heterocycles. The third-order valence-electron chi connectivity index (χ3n) is 2.25. The molecule has 0 radical (unpaired) electrons. The lowest BCUT2D eigenvalue weighted by Gasteiger charge is -2.10. The molecule has 1 fully saturated rings. The van der Waals surface area contributed by atoms with Crippen molar-refractivity contribution < 1.29 is 4.74 Å². The van der Waals surface area contributed by atoms with Crippen molar-refractivity contribution in [2.75, 3.05) is 12.4 Å². The largest absolute Gasteiger partial charge is 0.481 e. The molecule has 1 aliphatic carbocycles. The van der Waals surface area contributed by atoms with Crippen LogP contribution in [0.2, 0.25) is 0 Å². The molecule has 0 atom stereocenters. The van der Waals surface area contributed by atoms with Crippen LogP contribution in [0.15, 0.2) is 12.3 Å².